The van der Waals surface area contributed by atoms with E-state index in [1.54, 1.807) is 0 Å². The Morgan fingerprint density at radius 1 is 1.40 bits per heavy atom. The fourth-order valence-corrected chi connectivity index (χ4v) is 1.55. The van der Waals surface area contributed by atoms with Crippen molar-refractivity contribution < 1.29 is 4.79 Å². The van der Waals surface area contributed by atoms with Crippen molar-refractivity contribution in [3.63, 3.8) is 0 Å². The Morgan fingerprint density at radius 2 is 2.20 bits per heavy atom. The third-order valence-electron chi connectivity index (χ3n) is 2.52. The van der Waals surface area contributed by atoms with Crippen LogP contribution in [-0.2, 0) is 13.1 Å². The number of amides is 1. The van der Waals surface area contributed by atoms with Crippen molar-refractivity contribution in [3.05, 3.63) is 29.6 Å². The molecule has 0 fully saturated rings. The van der Waals surface area contributed by atoms with Gasteiger partial charge in [0.25, 0.3) is 5.91 Å². The zero-order chi connectivity index (χ0) is 14.5. The van der Waals surface area contributed by atoms with Gasteiger partial charge in [-0.1, -0.05) is 5.21 Å². The average molecular weight is 271 g/mol. The quantitative estimate of drug-likeness (QED) is 0.391. The maximum Gasteiger partial charge on any atom is 0.287 e. The zero-order valence-corrected chi connectivity index (χ0v) is 10.2. The summed E-state index contributed by atoms with van der Waals surface area (Å²) in [7, 11) is 0. The molecule has 0 aliphatic carbocycles. The van der Waals surface area contributed by atoms with E-state index in [1.807, 2.05) is 17.6 Å². The molecule has 1 amide bonds. The van der Waals surface area contributed by atoms with Crippen LogP contribution in [0.1, 0.15) is 21.9 Å². The van der Waals surface area contributed by atoms with Crippen LogP contribution in [0.5, 0.6) is 0 Å². The first-order chi connectivity index (χ1) is 9.69. The number of carbonyl (C=O) groups excluding carboxylic acids is 1. The molecule has 0 aromatic carbocycles. The summed E-state index contributed by atoms with van der Waals surface area (Å²) in [6.07, 6.45) is 2.83. The van der Waals surface area contributed by atoms with Gasteiger partial charge in [0.15, 0.2) is 17.1 Å². The second kappa shape index (κ2) is 5.60. The molecule has 0 radical (unpaired) electrons. The molecule has 20 heavy (non-hydrogen) atoms. The minimum absolute atomic E-state index is 0.0780. The van der Waals surface area contributed by atoms with Crippen LogP contribution in [0, 0.1) is 22.7 Å². The number of imidazole rings is 1. The summed E-state index contributed by atoms with van der Waals surface area (Å²) in [6.45, 7) is 0.728. The average Bonchev–Trinajstić information content (AvgIpc) is 3.10. The number of nitrogens with one attached hydrogen (secondary N) is 1. The molecule has 100 valence electrons. The Morgan fingerprint density at radius 3 is 2.85 bits per heavy atom. The summed E-state index contributed by atoms with van der Waals surface area (Å²) in [5.74, 6) is 4.44. The van der Waals surface area contributed by atoms with Crippen molar-refractivity contribution in [2.75, 3.05) is 0 Å². The highest BCUT2D eigenvalue weighted by Gasteiger charge is 2.11. The molecule has 0 aliphatic heterocycles. The van der Waals surface area contributed by atoms with Crippen LogP contribution >= 0.6 is 0 Å². The molecule has 2 heterocycles. The molecule has 0 saturated carbocycles. The molecule has 0 bridgehead atoms. The van der Waals surface area contributed by atoms with Gasteiger partial charge in [-0.15, -0.1) is 5.10 Å². The monoisotopic (exact) mass is 271 g/mol. The lowest BCUT2D eigenvalue weighted by atomic mass is 10.3. The number of aryl methyl sites for hydroxylation is 2. The Bertz CT molecular complexity index is 714. The van der Waals surface area contributed by atoms with E-state index in [2.05, 4.69) is 15.3 Å². The van der Waals surface area contributed by atoms with Gasteiger partial charge in [-0.05, 0) is 0 Å². The molecule has 10 nitrogen and oxygen atoms in total. The molecule has 2 rings (SSSR count). The molecule has 3 N–H and O–H groups in total. The van der Waals surface area contributed by atoms with Crippen LogP contribution in [0.3, 0.4) is 0 Å². The second-order valence-corrected chi connectivity index (χ2v) is 3.70. The number of hydrogen-bond acceptors (Lipinski definition) is 7. The van der Waals surface area contributed by atoms with Gasteiger partial charge in [0.05, 0.1) is 19.1 Å². The number of nitrogen functional groups attached to an aromatic ring is 1. The number of nitrogens with two attached hydrogens (primary N) is 1. The van der Waals surface area contributed by atoms with Crippen molar-refractivity contribution in [2.24, 2.45) is 5.84 Å². The molecular formula is C10H9N9O. The lowest BCUT2D eigenvalue weighted by Crippen LogP contribution is -2.30. The van der Waals surface area contributed by atoms with Crippen molar-refractivity contribution in [1.29, 1.82) is 10.5 Å². The summed E-state index contributed by atoms with van der Waals surface area (Å²) in [6, 6.07) is 3.75. The van der Waals surface area contributed by atoms with Gasteiger partial charge >= 0.3 is 0 Å². The lowest BCUT2D eigenvalue weighted by molar-refractivity contribution is 0.0948. The van der Waals surface area contributed by atoms with E-state index >= 15 is 0 Å². The van der Waals surface area contributed by atoms with Crippen LogP contribution in [0.2, 0.25) is 0 Å². The van der Waals surface area contributed by atoms with Gasteiger partial charge in [0.2, 0.25) is 0 Å². The highest BCUT2D eigenvalue weighted by molar-refractivity contribution is 5.91. The molecular weight excluding hydrogens is 262 g/mol. The lowest BCUT2D eigenvalue weighted by Gasteiger charge is -2.02. The number of hydrogen-bond donors (Lipinski definition) is 2. The standard InChI is InChI=1S/C10H9N9O/c11-3-7-9(4-12)18(6-14-7)1-2-19-5-8(16-17-19)10(20)15-13/h5-6H,1-2,13H2,(H,15,20). The fourth-order valence-electron chi connectivity index (χ4n) is 1.55. The smallest absolute Gasteiger partial charge is 0.287 e. The predicted molar refractivity (Wildman–Crippen MR) is 63.3 cm³/mol. The van der Waals surface area contributed by atoms with E-state index in [1.165, 1.54) is 21.8 Å². The molecule has 2 aromatic heterocycles. The van der Waals surface area contributed by atoms with Crippen molar-refractivity contribution in [3.8, 4) is 12.1 Å². The van der Waals surface area contributed by atoms with Crippen LogP contribution in [0.25, 0.3) is 0 Å². The van der Waals surface area contributed by atoms with Gasteiger partial charge in [-0.25, -0.2) is 15.5 Å². The summed E-state index contributed by atoms with van der Waals surface area (Å²) < 4.78 is 2.96. The number of aromatic nitrogens is 5. The number of hydrazine groups is 1. The van der Waals surface area contributed by atoms with Crippen LogP contribution in [0.15, 0.2) is 12.5 Å². The first-order valence-corrected chi connectivity index (χ1v) is 5.46. The van der Waals surface area contributed by atoms with Crippen LogP contribution in [-0.4, -0.2) is 30.5 Å². The van der Waals surface area contributed by atoms with Crippen molar-refractivity contribution >= 4 is 5.91 Å². The van der Waals surface area contributed by atoms with Gasteiger partial charge in [0.1, 0.15) is 12.1 Å². The first kappa shape index (κ1) is 13.2. The zero-order valence-electron chi connectivity index (χ0n) is 10.2. The SMILES string of the molecule is N#Cc1ncn(CCn2cc(C(=O)NN)nn2)c1C#N. The molecule has 0 atom stereocenters. The normalized spacial score (nSPS) is 9.75. The Hall–Kier alpha value is -3.24. The molecule has 2 aromatic rings. The van der Waals surface area contributed by atoms with Crippen LogP contribution < -0.4 is 11.3 Å². The van der Waals surface area contributed by atoms with E-state index in [0.29, 0.717) is 13.1 Å². The Labute approximate surface area is 113 Å². The van der Waals surface area contributed by atoms with E-state index in [-0.39, 0.29) is 17.1 Å². The number of nitrogens with zero attached hydrogens (tertiary/aromatic N) is 7. The van der Waals surface area contributed by atoms with E-state index in [9.17, 15) is 4.79 Å². The van der Waals surface area contributed by atoms with Gasteiger partial charge < -0.3 is 4.57 Å². The summed E-state index contributed by atoms with van der Waals surface area (Å²) in [5, 5.41) is 25.1. The van der Waals surface area contributed by atoms with Crippen molar-refractivity contribution in [1.82, 2.24) is 30.0 Å². The summed E-state index contributed by atoms with van der Waals surface area (Å²) >= 11 is 0. The maximum atomic E-state index is 11.2. The summed E-state index contributed by atoms with van der Waals surface area (Å²) in [4.78, 5) is 15.0. The van der Waals surface area contributed by atoms with E-state index in [0.717, 1.165) is 0 Å². The molecule has 10 heteroatoms. The molecule has 0 aliphatic rings. The highest BCUT2D eigenvalue weighted by Crippen LogP contribution is 2.05. The largest absolute Gasteiger partial charge is 0.319 e. The molecule has 0 spiro atoms. The minimum Gasteiger partial charge on any atom is -0.319 e. The number of carbonyl (C=O) groups is 1. The van der Waals surface area contributed by atoms with Crippen molar-refractivity contribution in [2.45, 2.75) is 13.1 Å². The first-order valence-electron chi connectivity index (χ1n) is 5.46. The number of rotatable bonds is 4. The Kier molecular flexibility index (Phi) is 3.70. The third-order valence-corrected chi connectivity index (χ3v) is 2.52. The topological polar surface area (TPSA) is 151 Å². The number of nitriles is 2. The minimum atomic E-state index is -0.539. The van der Waals surface area contributed by atoms with E-state index < -0.39 is 5.91 Å². The predicted octanol–water partition coefficient (Wildman–Crippen LogP) is -1.48. The Balaban J connectivity index is 2.08. The van der Waals surface area contributed by atoms with Gasteiger partial charge in [-0.3, -0.25) is 10.2 Å². The van der Waals surface area contributed by atoms with Gasteiger partial charge in [-0.2, -0.15) is 10.5 Å². The maximum absolute atomic E-state index is 11.2. The van der Waals surface area contributed by atoms with Crippen LogP contribution in [0.4, 0.5) is 0 Å². The second-order valence-electron chi connectivity index (χ2n) is 3.70. The summed E-state index contributed by atoms with van der Waals surface area (Å²) in [5.41, 5.74) is 2.31. The highest BCUT2D eigenvalue weighted by atomic mass is 16.2. The van der Waals surface area contributed by atoms with Gasteiger partial charge in [0, 0.05) is 6.54 Å². The van der Waals surface area contributed by atoms with E-state index in [4.69, 9.17) is 16.4 Å². The molecule has 0 saturated heterocycles. The molecule has 0 unspecified atom stereocenters. The fraction of sp³-hybridized carbons (Fsp3) is 0.200. The third kappa shape index (κ3) is 2.45.